The van der Waals surface area contributed by atoms with E-state index in [1.54, 1.807) is 0 Å². The number of hydrogen-bond donors (Lipinski definition) is 2. The SMILES string of the molecule is Fc1nc(F)c2c(c1F)-c1nc-2nc2[nH]c(nc3nc(nc4[nH]c(n1)c1c(F)nc(F)c(F)c41)-c1c(F)nc(F)c(F)c1-3)c1c(F)nc(F)c(F)c21. The molecule has 8 bridgehead atoms. The zero-order chi connectivity index (χ0) is 36.7. The first-order valence-corrected chi connectivity index (χ1v) is 13.7. The molecule has 7 aromatic rings. The van der Waals surface area contributed by atoms with Gasteiger partial charge in [0.15, 0.2) is 46.6 Å². The van der Waals surface area contributed by atoms with Gasteiger partial charge in [0.1, 0.15) is 22.6 Å². The highest BCUT2D eigenvalue weighted by molar-refractivity contribution is 6.06. The molecule has 9 heterocycles. The number of nitrogens with zero attached hydrogens (tertiary/aromatic N) is 10. The predicted octanol–water partition coefficient (Wildman–Crippen LogP) is 6.12. The summed E-state index contributed by atoms with van der Waals surface area (Å²) in [6.45, 7) is 0. The summed E-state index contributed by atoms with van der Waals surface area (Å²) in [4.78, 5) is 38.2. The topological polar surface area (TPSA) is 160 Å². The summed E-state index contributed by atoms with van der Waals surface area (Å²) in [6.07, 6.45) is 0. The van der Waals surface area contributed by atoms with Crippen LogP contribution in [0.4, 0.5) is 52.7 Å². The molecule has 258 valence electrons. The fourth-order valence-electron chi connectivity index (χ4n) is 5.71. The first-order valence-electron chi connectivity index (χ1n) is 13.7. The lowest BCUT2D eigenvalue weighted by Crippen LogP contribution is -2.00. The summed E-state index contributed by atoms with van der Waals surface area (Å²) in [6, 6.07) is 0. The van der Waals surface area contributed by atoms with Crippen molar-refractivity contribution in [1.29, 1.82) is 0 Å². The van der Waals surface area contributed by atoms with Gasteiger partial charge in [-0.3, -0.25) is 0 Å². The van der Waals surface area contributed by atoms with Crippen LogP contribution < -0.4 is 0 Å². The van der Waals surface area contributed by atoms with Crippen LogP contribution in [0.5, 0.6) is 0 Å². The van der Waals surface area contributed by atoms with Crippen molar-refractivity contribution in [3.8, 4) is 45.6 Å². The van der Waals surface area contributed by atoms with Crippen LogP contribution in [0.3, 0.4) is 0 Å². The van der Waals surface area contributed by atoms with E-state index in [0.29, 0.717) is 0 Å². The molecule has 0 fully saturated rings. The number of halogens is 12. The molecule has 0 saturated heterocycles. The standard InChI is InChI=1S/C28H2F12N12/c29-9-1-5(13(33)41-17(9)37)25-45-21(1)49-26-6-2(10(30)18(38)42-14(6)34)23(46-26)51-28-8-4(12(32)20(40)44-16(8)36)24(48-28)52-27-7-3(22(47-27)50-25)11(31)19(39)43-15(7)35/h(H2,45,46,47,48,49,50,51,52). The van der Waals surface area contributed by atoms with Crippen LogP contribution in [0.25, 0.3) is 89.7 Å². The van der Waals surface area contributed by atoms with Gasteiger partial charge in [-0.05, 0) is 0 Å². The number of rotatable bonds is 0. The van der Waals surface area contributed by atoms with Crippen LogP contribution in [0.1, 0.15) is 0 Å². The van der Waals surface area contributed by atoms with Crippen molar-refractivity contribution < 1.29 is 52.7 Å². The van der Waals surface area contributed by atoms with Gasteiger partial charge in [0.05, 0.1) is 43.8 Å². The molecular weight excluding hydrogens is 732 g/mol. The lowest BCUT2D eigenvalue weighted by atomic mass is 10.1. The van der Waals surface area contributed by atoms with Crippen molar-refractivity contribution in [1.82, 2.24) is 59.8 Å². The van der Waals surface area contributed by atoms with Gasteiger partial charge < -0.3 is 9.97 Å². The Bertz CT molecular complexity index is 2820. The highest BCUT2D eigenvalue weighted by Gasteiger charge is 2.34. The van der Waals surface area contributed by atoms with Gasteiger partial charge in [0, 0.05) is 0 Å². The van der Waals surface area contributed by atoms with Gasteiger partial charge in [-0.25, -0.2) is 47.5 Å². The number of fused-ring (bicyclic) bond motifs is 20. The lowest BCUT2D eigenvalue weighted by Gasteiger charge is -2.02. The third kappa shape index (κ3) is 4.07. The highest BCUT2D eigenvalue weighted by Crippen LogP contribution is 2.41. The van der Waals surface area contributed by atoms with Gasteiger partial charge in [-0.1, -0.05) is 0 Å². The van der Waals surface area contributed by atoms with E-state index in [9.17, 15) is 17.6 Å². The first kappa shape index (κ1) is 31.1. The summed E-state index contributed by atoms with van der Waals surface area (Å²) < 4.78 is 180. The highest BCUT2D eigenvalue weighted by atomic mass is 19.2. The Morgan fingerprint density at radius 3 is 0.904 bits per heavy atom. The van der Waals surface area contributed by atoms with E-state index in [1.165, 1.54) is 0 Å². The molecule has 0 atom stereocenters. The molecule has 9 rings (SSSR count). The third-order valence-corrected chi connectivity index (χ3v) is 7.82. The summed E-state index contributed by atoms with van der Waals surface area (Å²) in [7, 11) is 0. The number of aromatic nitrogens is 12. The molecule has 0 saturated carbocycles. The number of aromatic amines is 2. The van der Waals surface area contributed by atoms with Crippen molar-refractivity contribution in [2.75, 3.05) is 0 Å². The third-order valence-electron chi connectivity index (χ3n) is 7.82. The molecule has 2 aliphatic rings. The minimum absolute atomic E-state index is 0.960. The number of H-pyrrole nitrogens is 2. The maximum Gasteiger partial charge on any atom is 0.252 e. The second-order valence-electron chi connectivity index (χ2n) is 10.6. The maximum absolute atomic E-state index is 15.3. The average Bonchev–Trinajstić information content (AvgIpc) is 3.82. The largest absolute Gasteiger partial charge is 0.324 e. The summed E-state index contributed by atoms with van der Waals surface area (Å²) in [5.41, 5.74) is -8.42. The fourth-order valence-corrected chi connectivity index (χ4v) is 5.71. The molecule has 2 N–H and O–H groups in total. The van der Waals surface area contributed by atoms with Gasteiger partial charge >= 0.3 is 0 Å². The quantitative estimate of drug-likeness (QED) is 0.137. The maximum atomic E-state index is 15.3. The van der Waals surface area contributed by atoms with Crippen LogP contribution in [0.2, 0.25) is 0 Å². The Morgan fingerprint density at radius 2 is 0.538 bits per heavy atom. The molecule has 52 heavy (non-hydrogen) atoms. The van der Waals surface area contributed by atoms with Crippen molar-refractivity contribution in [2.45, 2.75) is 0 Å². The van der Waals surface area contributed by atoms with Gasteiger partial charge in [-0.15, -0.1) is 0 Å². The Balaban J connectivity index is 1.59. The van der Waals surface area contributed by atoms with E-state index < -0.39 is 161 Å². The molecule has 24 heteroatoms. The minimum atomic E-state index is -2.06. The molecule has 7 aromatic heterocycles. The van der Waals surface area contributed by atoms with Gasteiger partial charge in [0.2, 0.25) is 23.8 Å². The van der Waals surface area contributed by atoms with E-state index in [-0.39, 0.29) is 0 Å². The summed E-state index contributed by atoms with van der Waals surface area (Å²) >= 11 is 0. The van der Waals surface area contributed by atoms with Crippen LogP contribution >= 0.6 is 0 Å². The molecule has 12 nitrogen and oxygen atoms in total. The first-order chi connectivity index (χ1) is 24.7. The second kappa shape index (κ2) is 10.3. The zero-order valence-electron chi connectivity index (χ0n) is 24.0. The minimum Gasteiger partial charge on any atom is -0.324 e. The van der Waals surface area contributed by atoms with E-state index in [0.717, 1.165) is 0 Å². The molecule has 0 radical (unpaired) electrons. The number of hydrogen-bond acceptors (Lipinski definition) is 10. The Morgan fingerprint density at radius 1 is 0.250 bits per heavy atom. The van der Waals surface area contributed by atoms with Crippen molar-refractivity contribution in [3.05, 3.63) is 70.9 Å². The van der Waals surface area contributed by atoms with Gasteiger partial charge in [-0.2, -0.15) is 55.1 Å². The van der Waals surface area contributed by atoms with E-state index in [1.807, 2.05) is 0 Å². The Hall–Kier alpha value is -6.88. The molecule has 0 aliphatic carbocycles. The van der Waals surface area contributed by atoms with E-state index in [2.05, 4.69) is 59.8 Å². The molecule has 0 aromatic carbocycles. The Labute approximate surface area is 273 Å². The molecule has 0 spiro atoms. The van der Waals surface area contributed by atoms with Crippen molar-refractivity contribution >= 4 is 44.1 Å². The van der Waals surface area contributed by atoms with Crippen LogP contribution in [0, 0.1) is 70.9 Å². The molecule has 2 aliphatic heterocycles. The average molecular weight is 734 g/mol. The monoisotopic (exact) mass is 734 g/mol. The summed E-state index contributed by atoms with van der Waals surface area (Å²) in [5, 5.41) is -4.40. The molecule has 0 amide bonds. The van der Waals surface area contributed by atoms with Gasteiger partial charge in [0.25, 0.3) is 23.8 Å². The zero-order valence-corrected chi connectivity index (χ0v) is 24.0. The fraction of sp³-hybridized carbons (Fsp3) is 0. The second-order valence-corrected chi connectivity index (χ2v) is 10.6. The van der Waals surface area contributed by atoms with Crippen molar-refractivity contribution in [2.24, 2.45) is 0 Å². The predicted molar refractivity (Wildman–Crippen MR) is 147 cm³/mol. The summed E-state index contributed by atoms with van der Waals surface area (Å²) in [5.74, 6) is -27.4. The molecule has 0 unspecified atom stereocenters. The van der Waals surface area contributed by atoms with E-state index in [4.69, 9.17) is 0 Å². The normalized spacial score (nSPS) is 12.2. The smallest absolute Gasteiger partial charge is 0.252 e. The number of pyridine rings is 4. The van der Waals surface area contributed by atoms with Crippen LogP contribution in [-0.2, 0) is 0 Å². The van der Waals surface area contributed by atoms with E-state index >= 15 is 35.1 Å². The van der Waals surface area contributed by atoms with Crippen LogP contribution in [-0.4, -0.2) is 59.8 Å². The lowest BCUT2D eigenvalue weighted by molar-refractivity contribution is 0.451. The van der Waals surface area contributed by atoms with Crippen molar-refractivity contribution in [3.63, 3.8) is 0 Å². The molecular formula is C28H2F12N12. The number of nitrogens with one attached hydrogen (secondary N) is 2. The Kier molecular flexibility index (Phi) is 6.18. The van der Waals surface area contributed by atoms with Crippen LogP contribution in [0.15, 0.2) is 0 Å².